The molecule has 0 saturated carbocycles. The van der Waals surface area contributed by atoms with Crippen LogP contribution in [0.15, 0.2) is 36.5 Å². The molecule has 0 heterocycles. The van der Waals surface area contributed by atoms with Crippen LogP contribution in [0.25, 0.3) is 0 Å². The maximum Gasteiger partial charge on any atom is 0.361 e. The minimum atomic E-state index is -1.51. The van der Waals surface area contributed by atoms with E-state index in [1.807, 2.05) is 21.1 Å². The summed E-state index contributed by atoms with van der Waals surface area (Å²) in [6.45, 7) is 4.92. The van der Waals surface area contributed by atoms with Gasteiger partial charge in [0, 0.05) is 12.8 Å². The highest BCUT2D eigenvalue weighted by molar-refractivity contribution is 5.71. The van der Waals surface area contributed by atoms with Crippen LogP contribution in [0, 0.1) is 0 Å². The molecule has 0 fully saturated rings. The van der Waals surface area contributed by atoms with Gasteiger partial charge in [0.1, 0.15) is 13.2 Å². The number of unbranched alkanes of at least 4 members (excludes halogenated alkanes) is 50. The molecule has 0 saturated heterocycles. The number of allylic oxidation sites excluding steroid dienone is 6. The molecule has 0 rings (SSSR count). The van der Waals surface area contributed by atoms with Crippen molar-refractivity contribution in [3.8, 4) is 0 Å². The summed E-state index contributed by atoms with van der Waals surface area (Å²) in [4.78, 5) is 37.6. The summed E-state index contributed by atoms with van der Waals surface area (Å²) in [5.41, 5.74) is 0. The molecule has 86 heavy (non-hydrogen) atoms. The van der Waals surface area contributed by atoms with Crippen LogP contribution in [-0.4, -0.2) is 87.4 Å². The summed E-state index contributed by atoms with van der Waals surface area (Å²) in [5, 5.41) is 9.75. The normalized spacial score (nSPS) is 12.8. The van der Waals surface area contributed by atoms with Crippen molar-refractivity contribution in [3.63, 3.8) is 0 Å². The number of quaternary nitrogens is 1. The van der Waals surface area contributed by atoms with Crippen molar-refractivity contribution >= 4 is 17.9 Å². The fraction of sp³-hybridized carbons (Fsp3) is 0.883. The van der Waals surface area contributed by atoms with Gasteiger partial charge >= 0.3 is 17.9 Å². The molecule has 0 spiro atoms. The Morgan fingerprint density at radius 2 is 0.628 bits per heavy atom. The molecule has 9 nitrogen and oxygen atoms in total. The average Bonchev–Trinajstić information content (AvgIpc) is 3.64. The molecule has 0 radical (unpaired) electrons. The summed E-state index contributed by atoms with van der Waals surface area (Å²) in [5.74, 6) is -1.99. The second kappa shape index (κ2) is 68.4. The third-order valence-corrected chi connectivity index (χ3v) is 17.1. The number of rotatable bonds is 71. The molecule has 0 aliphatic carbocycles. The van der Waals surface area contributed by atoms with Gasteiger partial charge in [-0.15, -0.1) is 0 Å². The number of hydrogen-bond acceptors (Lipinski definition) is 7. The summed E-state index contributed by atoms with van der Waals surface area (Å²) in [7, 11) is 5.99. The van der Waals surface area contributed by atoms with Crippen molar-refractivity contribution in [2.45, 2.75) is 392 Å². The number of aliphatic carboxylic acids is 1. The van der Waals surface area contributed by atoms with Crippen LogP contribution in [0.2, 0.25) is 0 Å². The zero-order valence-electron chi connectivity index (χ0n) is 58.0. The number of likely N-dealkylation sites (N-methyl/N-ethyl adjacent to an activating group) is 1. The number of ether oxygens (including phenoxy) is 4. The number of carbonyl (C=O) groups excluding carboxylic acids is 2. The molecule has 0 aliphatic rings. The van der Waals surface area contributed by atoms with Crippen LogP contribution in [0.5, 0.6) is 0 Å². The maximum absolute atomic E-state index is 12.9. The van der Waals surface area contributed by atoms with Gasteiger partial charge in [0.15, 0.2) is 6.10 Å². The van der Waals surface area contributed by atoms with Crippen molar-refractivity contribution in [2.24, 2.45) is 0 Å². The predicted octanol–water partition coefficient (Wildman–Crippen LogP) is 23.5. The lowest BCUT2D eigenvalue weighted by molar-refractivity contribution is -0.870. The van der Waals surface area contributed by atoms with Crippen molar-refractivity contribution in [1.82, 2.24) is 0 Å². The highest BCUT2D eigenvalue weighted by atomic mass is 16.7. The first-order chi connectivity index (χ1) is 42.1. The highest BCUT2D eigenvalue weighted by Gasteiger charge is 2.25. The molecule has 1 N–H and O–H groups in total. The van der Waals surface area contributed by atoms with Gasteiger partial charge in [-0.1, -0.05) is 352 Å². The van der Waals surface area contributed by atoms with Gasteiger partial charge in [-0.25, -0.2) is 4.79 Å². The van der Waals surface area contributed by atoms with E-state index in [1.54, 1.807) is 0 Å². The Morgan fingerprint density at radius 1 is 0.349 bits per heavy atom. The third-order valence-electron chi connectivity index (χ3n) is 17.1. The standard InChI is InChI=1S/C77H145NO8/c1-6-8-10-12-14-16-18-20-22-24-26-28-30-31-32-33-34-35-36-37-38-39-40-41-42-43-44-46-47-49-51-53-55-57-59-61-63-65-67-74(79)84-71-73(72-85-77(76(81)82)83-70-69-78(3,4)5)86-75(80)68-66-64-62-60-58-56-54-52-50-48-45-29-27-25-23-21-19-17-15-13-11-9-7-2/h19,21,25,27,45,48,73,77H,6-18,20,22-24,26,28-44,46-47,49-72H2,1-5H3/p+1/b21-19-,27-25-,48-45-. The van der Waals surface area contributed by atoms with E-state index in [0.717, 1.165) is 57.8 Å². The molecule has 0 bridgehead atoms. The SMILES string of the molecule is CCCCCCC/C=C\C/C=C\C/C=C\CCCCCCCCCCC(=O)OC(COC(=O)CCCCCCCCCCCCCCCCCCCCCCCCCCCCCCCCCCCCCCCC)COC(OCC[N+](C)(C)C)C(=O)O. The molecule has 9 heteroatoms. The third kappa shape index (κ3) is 69.0. The van der Waals surface area contributed by atoms with Crippen molar-refractivity contribution in [1.29, 1.82) is 0 Å². The number of carboxylic acids is 1. The van der Waals surface area contributed by atoms with Crippen LogP contribution >= 0.6 is 0 Å². The van der Waals surface area contributed by atoms with Gasteiger partial charge < -0.3 is 28.5 Å². The first-order valence-electron chi connectivity index (χ1n) is 37.7. The maximum atomic E-state index is 12.9. The van der Waals surface area contributed by atoms with Gasteiger partial charge in [-0.05, 0) is 51.4 Å². The number of carboxylic acid groups (broad SMARTS) is 1. The van der Waals surface area contributed by atoms with Crippen molar-refractivity contribution in [3.05, 3.63) is 36.5 Å². The summed E-state index contributed by atoms with van der Waals surface area (Å²) in [6.07, 6.45) is 84.4. The van der Waals surface area contributed by atoms with Crippen LogP contribution in [-0.2, 0) is 33.3 Å². The smallest absolute Gasteiger partial charge is 0.361 e. The Kier molecular flexibility index (Phi) is 66.4. The second-order valence-electron chi connectivity index (χ2n) is 27.0. The lowest BCUT2D eigenvalue weighted by Gasteiger charge is -2.25. The van der Waals surface area contributed by atoms with E-state index in [9.17, 15) is 19.5 Å². The van der Waals surface area contributed by atoms with Gasteiger partial charge in [0.05, 0.1) is 34.4 Å². The second-order valence-corrected chi connectivity index (χ2v) is 27.0. The highest BCUT2D eigenvalue weighted by Crippen LogP contribution is 2.19. The van der Waals surface area contributed by atoms with Gasteiger partial charge in [0.25, 0.3) is 6.29 Å². The first kappa shape index (κ1) is 83.5. The van der Waals surface area contributed by atoms with Crippen LogP contribution in [0.4, 0.5) is 0 Å². The van der Waals surface area contributed by atoms with E-state index in [-0.39, 0.29) is 32.2 Å². The van der Waals surface area contributed by atoms with Crippen molar-refractivity contribution < 1.29 is 42.9 Å². The van der Waals surface area contributed by atoms with Gasteiger partial charge in [-0.3, -0.25) is 9.59 Å². The molecule has 0 aromatic heterocycles. The summed E-state index contributed by atoms with van der Waals surface area (Å²) < 4.78 is 23.0. The molecular formula is C77H146NO8+. The molecule has 0 aliphatic heterocycles. The number of hydrogen-bond donors (Lipinski definition) is 1. The first-order valence-corrected chi connectivity index (χ1v) is 37.7. The minimum Gasteiger partial charge on any atom is -0.477 e. The molecule has 0 aromatic rings. The molecule has 0 amide bonds. The molecule has 506 valence electrons. The van der Waals surface area contributed by atoms with Crippen molar-refractivity contribution in [2.75, 3.05) is 47.5 Å². The van der Waals surface area contributed by atoms with Gasteiger partial charge in [0.2, 0.25) is 0 Å². The minimum absolute atomic E-state index is 0.181. The predicted molar refractivity (Wildman–Crippen MR) is 369 cm³/mol. The number of nitrogens with zero attached hydrogens (tertiary/aromatic N) is 1. The Balaban J connectivity index is 3.97. The van der Waals surface area contributed by atoms with Crippen LogP contribution in [0.1, 0.15) is 380 Å². The molecule has 2 atom stereocenters. The Labute approximate surface area is 534 Å². The summed E-state index contributed by atoms with van der Waals surface area (Å²) >= 11 is 0. The molecule has 0 aromatic carbocycles. The van der Waals surface area contributed by atoms with E-state index >= 15 is 0 Å². The largest absolute Gasteiger partial charge is 0.477 e. The average molecular weight is 1210 g/mol. The lowest BCUT2D eigenvalue weighted by Crippen LogP contribution is -2.40. The molecular weight excluding hydrogens is 1070 g/mol. The number of carbonyl (C=O) groups is 3. The number of esters is 2. The monoisotopic (exact) mass is 1210 g/mol. The van der Waals surface area contributed by atoms with Gasteiger partial charge in [-0.2, -0.15) is 0 Å². The van der Waals surface area contributed by atoms with E-state index < -0.39 is 24.3 Å². The topological polar surface area (TPSA) is 108 Å². The fourth-order valence-electron chi connectivity index (χ4n) is 11.4. The fourth-order valence-corrected chi connectivity index (χ4v) is 11.4. The quantitative estimate of drug-likeness (QED) is 0.0211. The van der Waals surface area contributed by atoms with E-state index in [1.165, 1.54) is 289 Å². The Bertz CT molecular complexity index is 1500. The van der Waals surface area contributed by atoms with Crippen LogP contribution < -0.4 is 0 Å². The molecule has 2 unspecified atom stereocenters. The van der Waals surface area contributed by atoms with E-state index in [2.05, 4.69) is 50.3 Å². The van der Waals surface area contributed by atoms with E-state index in [0.29, 0.717) is 23.9 Å². The lowest BCUT2D eigenvalue weighted by atomic mass is 10.0. The van der Waals surface area contributed by atoms with E-state index in [4.69, 9.17) is 18.9 Å². The Morgan fingerprint density at radius 3 is 0.930 bits per heavy atom. The zero-order chi connectivity index (χ0) is 62.6. The zero-order valence-corrected chi connectivity index (χ0v) is 58.0. The van der Waals surface area contributed by atoms with Crippen LogP contribution in [0.3, 0.4) is 0 Å². The Hall–Kier alpha value is -2.49. The summed E-state index contributed by atoms with van der Waals surface area (Å²) in [6, 6.07) is 0.